The summed E-state index contributed by atoms with van der Waals surface area (Å²) in [6.45, 7) is 0. The number of carbonyl (C=O) groups excluding carboxylic acids is 1. The fraction of sp³-hybridized carbons (Fsp3) is 0. The van der Waals surface area contributed by atoms with Crippen molar-refractivity contribution >= 4 is 28.7 Å². The molecule has 2 amide bonds. The van der Waals surface area contributed by atoms with E-state index in [1.165, 1.54) is 18.3 Å². The van der Waals surface area contributed by atoms with Crippen molar-refractivity contribution in [2.75, 3.05) is 5.32 Å². The van der Waals surface area contributed by atoms with E-state index in [4.69, 9.17) is 0 Å². The molecule has 0 aliphatic carbocycles. The quantitative estimate of drug-likeness (QED) is 0.692. The summed E-state index contributed by atoms with van der Waals surface area (Å²) >= 11 is 0. The Labute approximate surface area is 125 Å². The van der Waals surface area contributed by atoms with Crippen LogP contribution in [0.3, 0.4) is 0 Å². The normalized spacial score (nSPS) is 11.0. The molecule has 2 aromatic carbocycles. The van der Waals surface area contributed by atoms with Crippen LogP contribution in [0.4, 0.5) is 14.9 Å². The number of fused-ring (bicyclic) bond motifs is 1. The summed E-state index contributed by atoms with van der Waals surface area (Å²) in [4.78, 5) is 11.8. The molecule has 3 rings (SSSR count). The molecule has 0 spiro atoms. The number of urea groups is 1. The molecule has 0 atom stereocenters. The molecule has 6 heteroatoms. The number of amides is 2. The summed E-state index contributed by atoms with van der Waals surface area (Å²) in [5, 5.41) is 12.9. The van der Waals surface area contributed by atoms with E-state index in [1.54, 1.807) is 36.5 Å². The number of aromatic nitrogens is 2. The number of aromatic amines is 1. The van der Waals surface area contributed by atoms with Crippen molar-refractivity contribution < 1.29 is 9.18 Å². The van der Waals surface area contributed by atoms with Crippen molar-refractivity contribution in [1.82, 2.24) is 15.5 Å². The van der Waals surface area contributed by atoms with Gasteiger partial charge in [-0.1, -0.05) is 18.2 Å². The standard InChI is InChI=1S/C16H13FN4O/c17-14-4-2-1-3-11(14)7-8-18-16(22)20-13-6-5-12-10-19-21-15(12)9-13/h1-10H,(H,19,21)(H2,18,20,22)/b8-7+. The van der Waals surface area contributed by atoms with Gasteiger partial charge in [0.05, 0.1) is 11.7 Å². The van der Waals surface area contributed by atoms with Crippen LogP contribution in [-0.2, 0) is 0 Å². The van der Waals surface area contributed by atoms with Gasteiger partial charge >= 0.3 is 6.03 Å². The first-order valence-electron chi connectivity index (χ1n) is 6.64. The third-order valence-corrected chi connectivity index (χ3v) is 3.08. The molecule has 0 unspecified atom stereocenters. The van der Waals surface area contributed by atoms with Gasteiger partial charge < -0.3 is 10.6 Å². The first kappa shape index (κ1) is 13.8. The van der Waals surface area contributed by atoms with Crippen molar-refractivity contribution in [2.45, 2.75) is 0 Å². The molecule has 0 radical (unpaired) electrons. The van der Waals surface area contributed by atoms with Gasteiger partial charge in [-0.25, -0.2) is 9.18 Å². The first-order valence-corrected chi connectivity index (χ1v) is 6.64. The van der Waals surface area contributed by atoms with Crippen molar-refractivity contribution in [3.05, 3.63) is 66.2 Å². The molecule has 1 aromatic heterocycles. The Morgan fingerprint density at radius 3 is 2.95 bits per heavy atom. The highest BCUT2D eigenvalue weighted by atomic mass is 19.1. The summed E-state index contributed by atoms with van der Waals surface area (Å²) in [5.74, 6) is -0.342. The minimum Gasteiger partial charge on any atom is -0.314 e. The number of anilines is 1. The molecule has 0 saturated heterocycles. The van der Waals surface area contributed by atoms with Gasteiger partial charge in [0.15, 0.2) is 0 Å². The molecule has 3 N–H and O–H groups in total. The number of benzene rings is 2. The van der Waals surface area contributed by atoms with Crippen molar-refractivity contribution in [1.29, 1.82) is 0 Å². The zero-order chi connectivity index (χ0) is 15.4. The SMILES string of the molecule is O=C(N/C=C/c1ccccc1F)Nc1ccc2cn[nH]c2c1. The molecular weight excluding hydrogens is 283 g/mol. The topological polar surface area (TPSA) is 69.8 Å². The molecule has 110 valence electrons. The third-order valence-electron chi connectivity index (χ3n) is 3.08. The maximum Gasteiger partial charge on any atom is 0.323 e. The smallest absolute Gasteiger partial charge is 0.314 e. The Bertz CT molecular complexity index is 841. The number of nitrogens with one attached hydrogen (secondary N) is 3. The molecular formula is C16H13FN4O. The molecule has 3 aromatic rings. The number of nitrogens with zero attached hydrogens (tertiary/aromatic N) is 1. The fourth-order valence-electron chi connectivity index (χ4n) is 2.00. The number of rotatable bonds is 3. The Balaban J connectivity index is 1.61. The summed E-state index contributed by atoms with van der Waals surface area (Å²) in [6.07, 6.45) is 4.59. The summed E-state index contributed by atoms with van der Waals surface area (Å²) in [6, 6.07) is 11.3. The zero-order valence-corrected chi connectivity index (χ0v) is 11.5. The molecule has 1 heterocycles. The van der Waals surface area contributed by atoms with E-state index < -0.39 is 6.03 Å². The van der Waals surface area contributed by atoms with E-state index in [-0.39, 0.29) is 5.82 Å². The number of halogens is 1. The fourth-order valence-corrected chi connectivity index (χ4v) is 2.00. The Hall–Kier alpha value is -3.15. The number of hydrogen-bond donors (Lipinski definition) is 3. The van der Waals surface area contributed by atoms with E-state index in [9.17, 15) is 9.18 Å². The maximum absolute atomic E-state index is 13.4. The van der Waals surface area contributed by atoms with Gasteiger partial charge in [0.25, 0.3) is 0 Å². The van der Waals surface area contributed by atoms with Gasteiger partial charge in [0, 0.05) is 22.8 Å². The van der Waals surface area contributed by atoms with E-state index >= 15 is 0 Å². The van der Waals surface area contributed by atoms with Gasteiger partial charge in [-0.05, 0) is 30.3 Å². The third kappa shape index (κ3) is 3.12. The summed E-state index contributed by atoms with van der Waals surface area (Å²) < 4.78 is 13.4. The maximum atomic E-state index is 13.4. The van der Waals surface area contributed by atoms with Gasteiger partial charge in [0.1, 0.15) is 5.82 Å². The predicted molar refractivity (Wildman–Crippen MR) is 83.7 cm³/mol. The van der Waals surface area contributed by atoms with Gasteiger partial charge in [-0.2, -0.15) is 5.10 Å². The monoisotopic (exact) mass is 296 g/mol. The molecule has 0 saturated carbocycles. The van der Waals surface area contributed by atoms with E-state index in [1.807, 2.05) is 6.07 Å². The van der Waals surface area contributed by atoms with E-state index in [2.05, 4.69) is 20.8 Å². The van der Waals surface area contributed by atoms with Crippen LogP contribution in [0.1, 0.15) is 5.56 Å². The average molecular weight is 296 g/mol. The lowest BCUT2D eigenvalue weighted by Gasteiger charge is -2.04. The second-order valence-corrected chi connectivity index (χ2v) is 4.63. The van der Waals surface area contributed by atoms with Crippen LogP contribution in [0, 0.1) is 5.82 Å². The highest BCUT2D eigenvalue weighted by Crippen LogP contribution is 2.16. The molecule has 0 aliphatic heterocycles. The van der Waals surface area contributed by atoms with Crippen LogP contribution in [0.25, 0.3) is 17.0 Å². The predicted octanol–water partition coefficient (Wildman–Crippen LogP) is 3.49. The minimum absolute atomic E-state index is 0.342. The largest absolute Gasteiger partial charge is 0.323 e. The summed E-state index contributed by atoms with van der Waals surface area (Å²) in [7, 11) is 0. The Morgan fingerprint density at radius 2 is 2.09 bits per heavy atom. The van der Waals surface area contributed by atoms with Gasteiger partial charge in [-0.15, -0.1) is 0 Å². The van der Waals surface area contributed by atoms with Crippen LogP contribution in [0.15, 0.2) is 54.9 Å². The van der Waals surface area contributed by atoms with E-state index in [0.717, 1.165) is 10.9 Å². The van der Waals surface area contributed by atoms with Gasteiger partial charge in [-0.3, -0.25) is 5.10 Å². The van der Waals surface area contributed by atoms with E-state index in [0.29, 0.717) is 11.3 Å². The minimum atomic E-state index is -0.411. The molecule has 22 heavy (non-hydrogen) atoms. The van der Waals surface area contributed by atoms with Crippen molar-refractivity contribution in [3.8, 4) is 0 Å². The van der Waals surface area contributed by atoms with Crippen LogP contribution >= 0.6 is 0 Å². The molecule has 5 nitrogen and oxygen atoms in total. The second kappa shape index (κ2) is 6.09. The van der Waals surface area contributed by atoms with Gasteiger partial charge in [0.2, 0.25) is 0 Å². The van der Waals surface area contributed by atoms with Crippen LogP contribution < -0.4 is 10.6 Å². The molecule has 0 fully saturated rings. The summed E-state index contributed by atoms with van der Waals surface area (Å²) in [5.41, 5.74) is 1.87. The number of H-pyrrole nitrogens is 1. The lowest BCUT2D eigenvalue weighted by Crippen LogP contribution is -2.23. The Morgan fingerprint density at radius 1 is 1.23 bits per heavy atom. The Kier molecular flexibility index (Phi) is 3.82. The van der Waals surface area contributed by atoms with Crippen LogP contribution in [0.2, 0.25) is 0 Å². The zero-order valence-electron chi connectivity index (χ0n) is 11.5. The molecule has 0 bridgehead atoms. The lowest BCUT2D eigenvalue weighted by molar-refractivity contribution is 0.255. The second-order valence-electron chi connectivity index (χ2n) is 4.63. The van der Waals surface area contributed by atoms with Crippen molar-refractivity contribution in [3.63, 3.8) is 0 Å². The van der Waals surface area contributed by atoms with Crippen LogP contribution in [0.5, 0.6) is 0 Å². The lowest BCUT2D eigenvalue weighted by atomic mass is 10.2. The van der Waals surface area contributed by atoms with Crippen molar-refractivity contribution in [2.24, 2.45) is 0 Å². The highest BCUT2D eigenvalue weighted by Gasteiger charge is 2.02. The highest BCUT2D eigenvalue weighted by molar-refractivity contribution is 5.93. The first-order chi connectivity index (χ1) is 10.7. The average Bonchev–Trinajstić information content (AvgIpc) is 2.97. The number of carbonyl (C=O) groups is 1. The number of hydrogen-bond acceptors (Lipinski definition) is 2. The molecule has 0 aliphatic rings. The van der Waals surface area contributed by atoms with Crippen LogP contribution in [-0.4, -0.2) is 16.2 Å².